The molecule has 4 aliphatic rings. The number of nitrogens with one attached hydrogen (secondary N) is 2. The first-order valence-electron chi connectivity index (χ1n) is 9.79. The third kappa shape index (κ3) is 3.55. The molecule has 150 valence electrons. The van der Waals surface area contributed by atoms with E-state index >= 15 is 0 Å². The van der Waals surface area contributed by atoms with Crippen molar-refractivity contribution in [3.05, 3.63) is 33.9 Å². The van der Waals surface area contributed by atoms with Crippen LogP contribution in [-0.2, 0) is 4.79 Å². The molecule has 0 spiro atoms. The van der Waals surface area contributed by atoms with Crippen molar-refractivity contribution in [2.24, 2.45) is 23.2 Å². The number of hydrazine groups is 1. The van der Waals surface area contributed by atoms with E-state index < -0.39 is 10.8 Å². The van der Waals surface area contributed by atoms with Crippen LogP contribution in [0.25, 0.3) is 0 Å². The fourth-order valence-corrected chi connectivity index (χ4v) is 6.06. The van der Waals surface area contributed by atoms with Crippen LogP contribution < -0.4 is 15.6 Å². The Kier molecular flexibility index (Phi) is 4.72. The summed E-state index contributed by atoms with van der Waals surface area (Å²) < 4.78 is 4.93. The summed E-state index contributed by atoms with van der Waals surface area (Å²) in [6.45, 7) is 0. The minimum atomic E-state index is -0.610. The van der Waals surface area contributed by atoms with Gasteiger partial charge in [0.05, 0.1) is 12.0 Å². The topological polar surface area (TPSA) is 111 Å². The van der Waals surface area contributed by atoms with Crippen molar-refractivity contribution >= 4 is 17.5 Å². The standard InChI is InChI=1S/C20H25N3O5/c1-28-17-3-2-15(7-16(17)23(26)27)19(25)22-21-18(24)11-20-8-12-4-13(9-20)6-14(5-12)10-20/h2-3,7,12-14H,4-6,8-11H2,1H3,(H,21,24)(H,22,25). The third-order valence-corrected chi connectivity index (χ3v) is 6.65. The molecule has 8 nitrogen and oxygen atoms in total. The lowest BCUT2D eigenvalue weighted by Gasteiger charge is -2.56. The van der Waals surface area contributed by atoms with Gasteiger partial charge in [-0.15, -0.1) is 0 Å². The summed E-state index contributed by atoms with van der Waals surface area (Å²) in [7, 11) is 1.33. The highest BCUT2D eigenvalue weighted by Crippen LogP contribution is 2.61. The number of carbonyl (C=O) groups excluding carboxylic acids is 2. The molecule has 0 aliphatic heterocycles. The molecule has 4 aliphatic carbocycles. The van der Waals surface area contributed by atoms with E-state index in [1.165, 1.54) is 38.5 Å². The highest BCUT2D eigenvalue weighted by atomic mass is 16.6. The summed E-state index contributed by atoms with van der Waals surface area (Å²) in [5.74, 6) is 1.56. The summed E-state index contributed by atoms with van der Waals surface area (Å²) in [5, 5.41) is 11.1. The number of carbonyl (C=O) groups is 2. The fraction of sp³-hybridized carbons (Fsp3) is 0.600. The Hall–Kier alpha value is -2.64. The number of nitro benzene ring substituents is 1. The van der Waals surface area contributed by atoms with Crippen LogP contribution in [0.1, 0.15) is 55.3 Å². The molecule has 0 aromatic heterocycles. The molecule has 5 rings (SSSR count). The second-order valence-corrected chi connectivity index (χ2v) is 8.74. The lowest BCUT2D eigenvalue weighted by Crippen LogP contribution is -2.50. The smallest absolute Gasteiger partial charge is 0.311 e. The van der Waals surface area contributed by atoms with Crippen molar-refractivity contribution in [1.29, 1.82) is 0 Å². The zero-order valence-corrected chi connectivity index (χ0v) is 15.9. The molecule has 0 unspecified atom stereocenters. The van der Waals surface area contributed by atoms with E-state index in [9.17, 15) is 19.7 Å². The van der Waals surface area contributed by atoms with Crippen molar-refractivity contribution in [3.8, 4) is 5.75 Å². The molecule has 28 heavy (non-hydrogen) atoms. The van der Waals surface area contributed by atoms with Gasteiger partial charge in [-0.3, -0.25) is 30.6 Å². The van der Waals surface area contributed by atoms with Gasteiger partial charge in [0.1, 0.15) is 0 Å². The molecule has 2 N–H and O–H groups in total. The number of nitro groups is 1. The quantitative estimate of drug-likeness (QED) is 0.596. The van der Waals surface area contributed by atoms with Gasteiger partial charge in [0.15, 0.2) is 5.75 Å². The van der Waals surface area contributed by atoms with Gasteiger partial charge in [0.25, 0.3) is 5.91 Å². The number of nitrogens with zero attached hydrogens (tertiary/aromatic N) is 1. The highest BCUT2D eigenvalue weighted by molar-refractivity contribution is 5.96. The van der Waals surface area contributed by atoms with E-state index in [1.807, 2.05) is 0 Å². The van der Waals surface area contributed by atoms with Gasteiger partial charge in [-0.25, -0.2) is 0 Å². The predicted octanol–water partition coefficient (Wildman–Crippen LogP) is 2.97. The molecule has 0 radical (unpaired) electrons. The summed E-state index contributed by atoms with van der Waals surface area (Å²) >= 11 is 0. The number of benzene rings is 1. The lowest BCUT2D eigenvalue weighted by atomic mass is 9.49. The van der Waals surface area contributed by atoms with Crippen molar-refractivity contribution < 1.29 is 19.2 Å². The number of hydrogen-bond acceptors (Lipinski definition) is 5. The Morgan fingerprint density at radius 3 is 2.29 bits per heavy atom. The third-order valence-electron chi connectivity index (χ3n) is 6.65. The summed E-state index contributed by atoms with van der Waals surface area (Å²) in [5.41, 5.74) is 4.75. The van der Waals surface area contributed by atoms with E-state index in [1.54, 1.807) is 0 Å². The minimum absolute atomic E-state index is 0.0763. The van der Waals surface area contributed by atoms with Crippen LogP contribution in [0.4, 0.5) is 5.69 Å². The zero-order chi connectivity index (χ0) is 19.9. The maximum Gasteiger partial charge on any atom is 0.311 e. The van der Waals surface area contributed by atoms with E-state index in [4.69, 9.17) is 4.74 Å². The van der Waals surface area contributed by atoms with E-state index in [0.717, 1.165) is 43.1 Å². The first-order chi connectivity index (χ1) is 13.4. The van der Waals surface area contributed by atoms with Crippen molar-refractivity contribution in [1.82, 2.24) is 10.9 Å². The maximum absolute atomic E-state index is 12.5. The number of amides is 2. The maximum atomic E-state index is 12.5. The SMILES string of the molecule is COc1ccc(C(=O)NNC(=O)CC23CC4CC(CC(C4)C2)C3)cc1[N+](=O)[O-]. The Balaban J connectivity index is 1.36. The summed E-state index contributed by atoms with van der Waals surface area (Å²) in [6, 6.07) is 3.93. The van der Waals surface area contributed by atoms with Gasteiger partial charge in [0, 0.05) is 18.1 Å². The van der Waals surface area contributed by atoms with E-state index in [2.05, 4.69) is 10.9 Å². The van der Waals surface area contributed by atoms with Crippen molar-refractivity contribution in [2.75, 3.05) is 7.11 Å². The number of methoxy groups -OCH3 is 1. The monoisotopic (exact) mass is 387 g/mol. The van der Waals surface area contributed by atoms with Crippen molar-refractivity contribution in [3.63, 3.8) is 0 Å². The summed E-state index contributed by atoms with van der Waals surface area (Å²) in [4.78, 5) is 35.3. The zero-order valence-electron chi connectivity index (χ0n) is 15.9. The Morgan fingerprint density at radius 1 is 1.14 bits per heavy atom. The van der Waals surface area contributed by atoms with Crippen LogP contribution in [0, 0.1) is 33.3 Å². The Morgan fingerprint density at radius 2 is 1.75 bits per heavy atom. The molecule has 0 saturated heterocycles. The molecule has 4 bridgehead atoms. The van der Waals surface area contributed by atoms with Gasteiger partial charge >= 0.3 is 5.69 Å². The number of ether oxygens (including phenoxy) is 1. The molecule has 1 aromatic carbocycles. The van der Waals surface area contributed by atoms with Crippen LogP contribution >= 0.6 is 0 Å². The predicted molar refractivity (Wildman–Crippen MR) is 100 cm³/mol. The van der Waals surface area contributed by atoms with Crippen LogP contribution in [0.3, 0.4) is 0 Å². The first kappa shape index (κ1) is 18.7. The average Bonchev–Trinajstić information content (AvgIpc) is 2.64. The molecule has 8 heteroatoms. The molecule has 4 fully saturated rings. The molecule has 0 heterocycles. The van der Waals surface area contributed by atoms with Crippen LogP contribution in [0.2, 0.25) is 0 Å². The summed E-state index contributed by atoms with van der Waals surface area (Å²) in [6.07, 6.45) is 7.72. The Bertz CT molecular complexity index is 787. The molecule has 4 saturated carbocycles. The van der Waals surface area contributed by atoms with Gasteiger partial charge in [0.2, 0.25) is 5.91 Å². The van der Waals surface area contributed by atoms with E-state index in [0.29, 0.717) is 6.42 Å². The van der Waals surface area contributed by atoms with Gasteiger partial charge < -0.3 is 4.74 Å². The average molecular weight is 387 g/mol. The Labute approximate surface area is 163 Å². The number of rotatable bonds is 5. The molecular weight excluding hydrogens is 362 g/mol. The van der Waals surface area contributed by atoms with E-state index in [-0.39, 0.29) is 28.3 Å². The second kappa shape index (κ2) is 7.07. The molecule has 2 amide bonds. The first-order valence-corrected chi connectivity index (χ1v) is 9.79. The largest absolute Gasteiger partial charge is 0.490 e. The van der Waals surface area contributed by atoms with Gasteiger partial charge in [-0.2, -0.15) is 0 Å². The minimum Gasteiger partial charge on any atom is -0.490 e. The van der Waals surface area contributed by atoms with Crippen LogP contribution in [-0.4, -0.2) is 23.8 Å². The van der Waals surface area contributed by atoms with Crippen LogP contribution in [0.15, 0.2) is 18.2 Å². The second-order valence-electron chi connectivity index (χ2n) is 8.74. The van der Waals surface area contributed by atoms with Crippen molar-refractivity contribution in [2.45, 2.75) is 44.9 Å². The number of hydrogen-bond donors (Lipinski definition) is 2. The lowest BCUT2D eigenvalue weighted by molar-refractivity contribution is -0.385. The van der Waals surface area contributed by atoms with Gasteiger partial charge in [-0.05, 0) is 73.8 Å². The molecule has 0 atom stereocenters. The normalized spacial score (nSPS) is 30.0. The molecular formula is C20H25N3O5. The highest BCUT2D eigenvalue weighted by Gasteiger charge is 2.51. The molecule has 1 aromatic rings. The fourth-order valence-electron chi connectivity index (χ4n) is 6.06. The van der Waals surface area contributed by atoms with Crippen LogP contribution in [0.5, 0.6) is 5.75 Å². The van der Waals surface area contributed by atoms with Gasteiger partial charge in [-0.1, -0.05) is 0 Å².